The number of carboxylic acid groups (broad SMARTS) is 1. The Labute approximate surface area is 131 Å². The number of aliphatic hydroxyl groups excluding tert-OH is 1. The molecule has 0 unspecified atom stereocenters. The third kappa shape index (κ3) is 7.54. The first kappa shape index (κ1) is 18.6. The molecule has 5 heteroatoms. The van der Waals surface area contributed by atoms with Crippen molar-refractivity contribution in [1.29, 1.82) is 0 Å². The van der Waals surface area contributed by atoms with Gasteiger partial charge in [-0.25, -0.2) is 0 Å². The van der Waals surface area contributed by atoms with E-state index in [1.165, 1.54) is 0 Å². The van der Waals surface area contributed by atoms with E-state index in [2.05, 4.69) is 0 Å². The molecule has 5 nitrogen and oxygen atoms in total. The summed E-state index contributed by atoms with van der Waals surface area (Å²) in [5.41, 5.74) is 0.662. The molecule has 0 bridgehead atoms. The lowest BCUT2D eigenvalue weighted by Gasteiger charge is -2.23. The molecule has 0 saturated heterocycles. The summed E-state index contributed by atoms with van der Waals surface area (Å²) in [5.74, 6) is -1.92. The van der Waals surface area contributed by atoms with Crippen molar-refractivity contribution in [3.05, 3.63) is 35.9 Å². The summed E-state index contributed by atoms with van der Waals surface area (Å²) in [4.78, 5) is 11.3. The minimum Gasteiger partial charge on any atom is -0.481 e. The van der Waals surface area contributed by atoms with E-state index >= 15 is 0 Å². The van der Waals surface area contributed by atoms with E-state index in [1.54, 1.807) is 0 Å². The van der Waals surface area contributed by atoms with Crippen molar-refractivity contribution in [1.82, 2.24) is 0 Å². The van der Waals surface area contributed by atoms with Gasteiger partial charge in [0.2, 0.25) is 0 Å². The number of ether oxygens (including phenoxy) is 2. The average molecular weight is 310 g/mol. The van der Waals surface area contributed by atoms with Crippen molar-refractivity contribution >= 4 is 5.97 Å². The van der Waals surface area contributed by atoms with Crippen molar-refractivity contribution in [2.75, 3.05) is 13.2 Å². The molecule has 22 heavy (non-hydrogen) atoms. The van der Waals surface area contributed by atoms with Gasteiger partial charge in [0, 0.05) is 6.61 Å². The molecule has 2 atom stereocenters. The van der Waals surface area contributed by atoms with Gasteiger partial charge in [-0.15, -0.1) is 0 Å². The minimum absolute atomic E-state index is 0.0125. The predicted molar refractivity (Wildman–Crippen MR) is 83.6 cm³/mol. The lowest BCUT2D eigenvalue weighted by Crippen LogP contribution is -2.34. The maximum Gasteiger partial charge on any atom is 0.309 e. The summed E-state index contributed by atoms with van der Waals surface area (Å²) in [7, 11) is 0. The van der Waals surface area contributed by atoms with Crippen LogP contribution in [-0.4, -0.2) is 41.1 Å². The summed E-state index contributed by atoms with van der Waals surface area (Å²) in [5, 5.41) is 19.2. The van der Waals surface area contributed by atoms with Crippen LogP contribution in [0.3, 0.4) is 0 Å². The quantitative estimate of drug-likeness (QED) is 0.733. The predicted octanol–water partition coefficient (Wildman–Crippen LogP) is 2.47. The topological polar surface area (TPSA) is 76.0 Å². The second-order valence-corrected chi connectivity index (χ2v) is 6.26. The molecule has 1 aromatic carbocycles. The van der Waals surface area contributed by atoms with Crippen LogP contribution in [0, 0.1) is 5.92 Å². The van der Waals surface area contributed by atoms with E-state index in [4.69, 9.17) is 9.47 Å². The van der Waals surface area contributed by atoms with Crippen LogP contribution in [0.4, 0.5) is 0 Å². The largest absolute Gasteiger partial charge is 0.481 e. The van der Waals surface area contributed by atoms with Crippen LogP contribution in [-0.2, 0) is 20.9 Å². The number of aliphatic hydroxyl groups is 1. The highest BCUT2D eigenvalue weighted by Gasteiger charge is 2.27. The smallest absolute Gasteiger partial charge is 0.309 e. The van der Waals surface area contributed by atoms with Crippen LogP contribution in [0.1, 0.15) is 32.8 Å². The summed E-state index contributed by atoms with van der Waals surface area (Å²) < 4.78 is 10.9. The van der Waals surface area contributed by atoms with Crippen LogP contribution >= 0.6 is 0 Å². The van der Waals surface area contributed by atoms with Crippen molar-refractivity contribution < 1.29 is 24.5 Å². The summed E-state index contributed by atoms with van der Waals surface area (Å²) in [6, 6.07) is 9.54. The molecule has 0 heterocycles. The summed E-state index contributed by atoms with van der Waals surface area (Å²) >= 11 is 0. The molecule has 1 aromatic rings. The maximum atomic E-state index is 11.3. The zero-order valence-electron chi connectivity index (χ0n) is 13.5. The number of carbonyl (C=O) groups is 1. The van der Waals surface area contributed by atoms with Gasteiger partial charge in [0.05, 0.1) is 30.8 Å². The first-order valence-electron chi connectivity index (χ1n) is 7.46. The zero-order valence-corrected chi connectivity index (χ0v) is 13.5. The normalized spacial score (nSPS) is 14.5. The standard InChI is InChI=1S/C17H26O5/c1-17(2,3)22-10-9-14(16(19)20)15(18)12-21-11-13-7-5-4-6-8-13/h4-8,14-15,18H,9-12H2,1-3H3,(H,19,20)/t14-,15+/m1/s1. The first-order chi connectivity index (χ1) is 10.3. The molecule has 0 fully saturated rings. The van der Waals surface area contributed by atoms with Gasteiger partial charge < -0.3 is 19.7 Å². The average Bonchev–Trinajstić information content (AvgIpc) is 2.43. The Kier molecular flexibility index (Phi) is 7.51. The molecule has 2 N–H and O–H groups in total. The Hall–Kier alpha value is -1.43. The Balaban J connectivity index is 2.37. The molecule has 0 aliphatic rings. The van der Waals surface area contributed by atoms with Crippen LogP contribution in [0.25, 0.3) is 0 Å². The van der Waals surface area contributed by atoms with Crippen molar-refractivity contribution in [3.63, 3.8) is 0 Å². The maximum absolute atomic E-state index is 11.3. The van der Waals surface area contributed by atoms with E-state index < -0.39 is 18.0 Å². The van der Waals surface area contributed by atoms with Gasteiger partial charge in [0.1, 0.15) is 0 Å². The lowest BCUT2D eigenvalue weighted by molar-refractivity contribution is -0.149. The van der Waals surface area contributed by atoms with E-state index in [0.717, 1.165) is 5.56 Å². The number of hydrogen-bond acceptors (Lipinski definition) is 4. The monoisotopic (exact) mass is 310 g/mol. The number of rotatable bonds is 9. The van der Waals surface area contributed by atoms with Gasteiger partial charge in [-0.05, 0) is 32.8 Å². The van der Waals surface area contributed by atoms with Gasteiger partial charge in [-0.2, -0.15) is 0 Å². The third-order valence-electron chi connectivity index (χ3n) is 3.15. The van der Waals surface area contributed by atoms with E-state index in [-0.39, 0.29) is 25.2 Å². The second kappa shape index (κ2) is 8.88. The fourth-order valence-corrected chi connectivity index (χ4v) is 1.96. The molecular formula is C17H26O5. The van der Waals surface area contributed by atoms with Gasteiger partial charge in [0.25, 0.3) is 0 Å². The summed E-state index contributed by atoms with van der Waals surface area (Å²) in [6.45, 7) is 6.34. The van der Waals surface area contributed by atoms with Gasteiger partial charge in [-0.3, -0.25) is 4.79 Å². The van der Waals surface area contributed by atoms with Crippen LogP contribution in [0.5, 0.6) is 0 Å². The van der Waals surface area contributed by atoms with Crippen LogP contribution in [0.15, 0.2) is 30.3 Å². The van der Waals surface area contributed by atoms with Crippen molar-refractivity contribution in [2.45, 2.75) is 45.5 Å². The van der Waals surface area contributed by atoms with E-state index in [9.17, 15) is 15.0 Å². The molecule has 0 amide bonds. The number of carboxylic acids is 1. The molecule has 0 aromatic heterocycles. The highest BCUT2D eigenvalue weighted by molar-refractivity contribution is 5.70. The third-order valence-corrected chi connectivity index (χ3v) is 3.15. The van der Waals surface area contributed by atoms with Crippen molar-refractivity contribution in [2.24, 2.45) is 5.92 Å². The molecular weight excluding hydrogens is 284 g/mol. The van der Waals surface area contributed by atoms with Crippen molar-refractivity contribution in [3.8, 4) is 0 Å². The molecule has 1 rings (SSSR count). The van der Waals surface area contributed by atoms with Crippen LogP contribution in [0.2, 0.25) is 0 Å². The fourth-order valence-electron chi connectivity index (χ4n) is 1.96. The molecule has 0 aliphatic heterocycles. The molecule has 0 aliphatic carbocycles. The van der Waals surface area contributed by atoms with E-state index in [0.29, 0.717) is 6.61 Å². The van der Waals surface area contributed by atoms with Gasteiger partial charge >= 0.3 is 5.97 Å². The highest BCUT2D eigenvalue weighted by atomic mass is 16.5. The Morgan fingerprint density at radius 1 is 1.23 bits per heavy atom. The summed E-state index contributed by atoms with van der Waals surface area (Å²) in [6.07, 6.45) is -0.799. The second-order valence-electron chi connectivity index (χ2n) is 6.26. The Bertz CT molecular complexity index is 438. The molecule has 124 valence electrons. The number of hydrogen-bond donors (Lipinski definition) is 2. The first-order valence-corrected chi connectivity index (χ1v) is 7.46. The highest BCUT2D eigenvalue weighted by Crippen LogP contribution is 2.15. The fraction of sp³-hybridized carbons (Fsp3) is 0.588. The molecule has 0 spiro atoms. The Morgan fingerprint density at radius 3 is 2.41 bits per heavy atom. The zero-order chi connectivity index (χ0) is 16.6. The minimum atomic E-state index is -1.05. The molecule has 0 saturated carbocycles. The number of benzene rings is 1. The Morgan fingerprint density at radius 2 is 1.86 bits per heavy atom. The van der Waals surface area contributed by atoms with Gasteiger partial charge in [-0.1, -0.05) is 30.3 Å². The van der Waals surface area contributed by atoms with Crippen LogP contribution < -0.4 is 0 Å². The SMILES string of the molecule is CC(C)(C)OCC[C@@H](C(=O)O)[C@@H](O)COCc1ccccc1. The van der Waals surface area contributed by atoms with E-state index in [1.807, 2.05) is 51.1 Å². The number of aliphatic carboxylic acids is 1. The lowest BCUT2D eigenvalue weighted by atomic mass is 9.99. The van der Waals surface area contributed by atoms with Gasteiger partial charge in [0.15, 0.2) is 0 Å². The molecule has 0 radical (unpaired) electrons.